The van der Waals surface area contributed by atoms with Gasteiger partial charge in [-0.25, -0.2) is 24.1 Å². The number of rotatable bonds is 4. The molecule has 0 radical (unpaired) electrons. The molecule has 0 bridgehead atoms. The number of nitrogens with one attached hydrogen (secondary N) is 1. The van der Waals surface area contributed by atoms with Gasteiger partial charge in [0.15, 0.2) is 0 Å². The van der Waals surface area contributed by atoms with Crippen LogP contribution in [0.4, 0.5) is 34.0 Å². The van der Waals surface area contributed by atoms with Crippen molar-refractivity contribution in [3.63, 3.8) is 0 Å². The minimum absolute atomic E-state index is 0.0153. The molecule has 3 N–H and O–H groups in total. The normalized spacial score (nSPS) is 20.7. The molecule has 0 saturated carbocycles. The highest BCUT2D eigenvalue weighted by Crippen LogP contribution is 2.38. The van der Waals surface area contributed by atoms with E-state index in [0.29, 0.717) is 36.8 Å². The van der Waals surface area contributed by atoms with Gasteiger partial charge in [-0.05, 0) is 50.1 Å². The first-order valence-corrected chi connectivity index (χ1v) is 12.8. The van der Waals surface area contributed by atoms with Crippen LogP contribution in [0, 0.1) is 5.82 Å². The van der Waals surface area contributed by atoms with Gasteiger partial charge in [-0.15, -0.1) is 0 Å². The summed E-state index contributed by atoms with van der Waals surface area (Å²) in [4.78, 5) is 39.4. The number of carbonyl (C=O) groups excluding carboxylic acids is 2. The lowest BCUT2D eigenvalue weighted by Gasteiger charge is -2.33. The van der Waals surface area contributed by atoms with E-state index in [2.05, 4.69) is 15.3 Å². The first-order chi connectivity index (χ1) is 19.5. The fourth-order valence-electron chi connectivity index (χ4n) is 5.48. The van der Waals surface area contributed by atoms with Crippen molar-refractivity contribution in [3.05, 3.63) is 71.7 Å². The molecular formula is C27H23F4N7O3. The Bertz CT molecular complexity index is 1690. The Hall–Kier alpha value is -4.75. The summed E-state index contributed by atoms with van der Waals surface area (Å²) in [5.41, 5.74) is 5.68. The first kappa shape index (κ1) is 26.5. The molecule has 3 atom stereocenters. The first-order valence-electron chi connectivity index (χ1n) is 12.8. The lowest BCUT2D eigenvalue weighted by atomic mass is 9.91. The zero-order valence-corrected chi connectivity index (χ0v) is 21.5. The Kier molecular flexibility index (Phi) is 6.27. The smallest absolute Gasteiger partial charge is 0.416 e. The molecule has 2 amide bonds. The molecule has 2 aliphatic heterocycles. The van der Waals surface area contributed by atoms with Gasteiger partial charge in [0.2, 0.25) is 0 Å². The van der Waals surface area contributed by atoms with Crippen LogP contribution in [0.5, 0.6) is 0 Å². The van der Waals surface area contributed by atoms with Gasteiger partial charge in [-0.1, -0.05) is 0 Å². The maximum absolute atomic E-state index is 15.5. The summed E-state index contributed by atoms with van der Waals surface area (Å²) in [6.07, 6.45) is 0.308. The van der Waals surface area contributed by atoms with Crippen molar-refractivity contribution in [2.45, 2.75) is 44.0 Å². The number of fused-ring (bicyclic) bond motifs is 2. The number of nitrogens with zero attached hydrogens (tertiary/aromatic N) is 5. The third-order valence-electron chi connectivity index (χ3n) is 7.48. The number of piperidine rings is 1. The summed E-state index contributed by atoms with van der Waals surface area (Å²) in [7, 11) is 0. The Morgan fingerprint density at radius 3 is 2.71 bits per heavy atom. The molecule has 2 aliphatic rings. The Labute approximate surface area is 230 Å². The molecule has 212 valence electrons. The molecular weight excluding hydrogens is 546 g/mol. The molecule has 6 rings (SSSR count). The fourth-order valence-corrected chi connectivity index (χ4v) is 5.48. The highest BCUT2D eigenvalue weighted by atomic mass is 19.4. The van der Waals surface area contributed by atoms with Crippen LogP contribution in [0.15, 0.2) is 48.9 Å². The molecule has 0 spiro atoms. The SMILES string of the molecule is C[C@H]1OC(=O)N2C[C@H](c3nc(-c4ccc(C(=O)Nc5cc(C(F)(F)F)ccn5)cc4F)c4c(N)nccn34)CC[C@@H]12. The number of amides is 2. The van der Waals surface area contributed by atoms with E-state index in [-0.39, 0.29) is 52.6 Å². The van der Waals surface area contributed by atoms with Gasteiger partial charge in [-0.3, -0.25) is 9.20 Å². The van der Waals surface area contributed by atoms with Crippen molar-refractivity contribution in [1.29, 1.82) is 0 Å². The van der Waals surface area contributed by atoms with E-state index < -0.39 is 23.5 Å². The van der Waals surface area contributed by atoms with Crippen LogP contribution in [0.2, 0.25) is 0 Å². The molecule has 1 aromatic carbocycles. The highest BCUT2D eigenvalue weighted by molar-refractivity contribution is 6.04. The number of hydrogen-bond donors (Lipinski definition) is 2. The van der Waals surface area contributed by atoms with Crippen LogP contribution in [0.3, 0.4) is 0 Å². The molecule has 2 fully saturated rings. The molecule has 14 heteroatoms. The second-order valence-electron chi connectivity index (χ2n) is 10.0. The lowest BCUT2D eigenvalue weighted by molar-refractivity contribution is -0.137. The molecule has 10 nitrogen and oxygen atoms in total. The van der Waals surface area contributed by atoms with Gasteiger partial charge in [0.25, 0.3) is 5.91 Å². The Morgan fingerprint density at radius 1 is 1.15 bits per heavy atom. The number of imidazole rings is 1. The number of aromatic nitrogens is 4. The number of hydrogen-bond acceptors (Lipinski definition) is 7. The zero-order valence-electron chi connectivity index (χ0n) is 21.5. The number of alkyl halides is 3. The number of cyclic esters (lactones) is 1. The summed E-state index contributed by atoms with van der Waals surface area (Å²) in [6, 6.07) is 5.08. The van der Waals surface area contributed by atoms with Crippen molar-refractivity contribution < 1.29 is 31.9 Å². The van der Waals surface area contributed by atoms with Gasteiger partial charge in [0.05, 0.1) is 11.6 Å². The summed E-state index contributed by atoms with van der Waals surface area (Å²) in [5.74, 6) is -1.47. The average Bonchev–Trinajstić information content (AvgIpc) is 3.46. The van der Waals surface area contributed by atoms with E-state index in [9.17, 15) is 22.8 Å². The predicted molar refractivity (Wildman–Crippen MR) is 138 cm³/mol. The van der Waals surface area contributed by atoms with Gasteiger partial charge < -0.3 is 20.7 Å². The van der Waals surface area contributed by atoms with Gasteiger partial charge >= 0.3 is 12.3 Å². The minimum atomic E-state index is -4.62. The third-order valence-corrected chi connectivity index (χ3v) is 7.48. The average molecular weight is 570 g/mol. The summed E-state index contributed by atoms with van der Waals surface area (Å²) >= 11 is 0. The Balaban J connectivity index is 1.31. The van der Waals surface area contributed by atoms with E-state index in [1.165, 1.54) is 18.3 Å². The Morgan fingerprint density at radius 2 is 1.95 bits per heavy atom. The van der Waals surface area contributed by atoms with Gasteiger partial charge in [0, 0.05) is 42.2 Å². The predicted octanol–water partition coefficient (Wildman–Crippen LogP) is 4.87. The lowest BCUT2D eigenvalue weighted by Crippen LogP contribution is -2.43. The monoisotopic (exact) mass is 569 g/mol. The molecule has 0 unspecified atom stereocenters. The van der Waals surface area contributed by atoms with E-state index in [4.69, 9.17) is 15.5 Å². The van der Waals surface area contributed by atoms with Crippen LogP contribution >= 0.6 is 0 Å². The van der Waals surface area contributed by atoms with Crippen molar-refractivity contribution >= 4 is 29.2 Å². The minimum Gasteiger partial charge on any atom is -0.444 e. The van der Waals surface area contributed by atoms with Gasteiger partial charge in [0.1, 0.15) is 40.6 Å². The van der Waals surface area contributed by atoms with Crippen LogP contribution in [-0.2, 0) is 10.9 Å². The summed E-state index contributed by atoms with van der Waals surface area (Å²) in [5, 5.41) is 2.26. The topological polar surface area (TPSA) is 128 Å². The van der Waals surface area contributed by atoms with Crippen LogP contribution in [-0.4, -0.2) is 54.9 Å². The number of anilines is 2. The molecule has 41 heavy (non-hydrogen) atoms. The number of halogens is 4. The number of carbonyl (C=O) groups is 2. The highest BCUT2D eigenvalue weighted by Gasteiger charge is 2.44. The van der Waals surface area contributed by atoms with E-state index in [0.717, 1.165) is 18.3 Å². The second kappa shape index (κ2) is 9.71. The molecule has 3 aromatic heterocycles. The van der Waals surface area contributed by atoms with E-state index >= 15 is 4.39 Å². The standard InChI is InChI=1S/C27H23F4N7O3/c1-13-19-5-3-15(12-38(19)26(40)41-13)24-36-21(22-23(32)34-8-9-37(22)24)17-4-2-14(10-18(17)28)25(39)35-20-11-16(6-7-33-20)27(29,30)31/h2,4,6-11,13,15,19H,3,5,12H2,1H3,(H2,32,34)(H,33,35,39)/t13-,15-,19+/m1/s1. The van der Waals surface area contributed by atoms with Crippen molar-refractivity contribution in [3.8, 4) is 11.3 Å². The number of benzene rings is 1. The molecule has 0 aliphatic carbocycles. The largest absolute Gasteiger partial charge is 0.444 e. The van der Waals surface area contributed by atoms with Crippen molar-refractivity contribution in [2.75, 3.05) is 17.6 Å². The van der Waals surface area contributed by atoms with Crippen LogP contribution < -0.4 is 11.1 Å². The van der Waals surface area contributed by atoms with E-state index in [1.54, 1.807) is 15.5 Å². The van der Waals surface area contributed by atoms with Crippen molar-refractivity contribution in [2.24, 2.45) is 0 Å². The summed E-state index contributed by atoms with van der Waals surface area (Å²) in [6.45, 7) is 2.24. The van der Waals surface area contributed by atoms with Crippen LogP contribution in [0.25, 0.3) is 16.8 Å². The zero-order chi connectivity index (χ0) is 29.1. The van der Waals surface area contributed by atoms with E-state index in [1.807, 2.05) is 6.92 Å². The maximum atomic E-state index is 15.5. The number of nitrogen functional groups attached to an aromatic ring is 1. The number of pyridine rings is 1. The van der Waals surface area contributed by atoms with Crippen LogP contribution in [0.1, 0.15) is 47.4 Å². The quantitative estimate of drug-likeness (QED) is 0.336. The number of ether oxygens (including phenoxy) is 1. The van der Waals surface area contributed by atoms with Crippen molar-refractivity contribution in [1.82, 2.24) is 24.3 Å². The molecule has 4 aromatic rings. The summed E-state index contributed by atoms with van der Waals surface area (Å²) < 4.78 is 61.6. The second-order valence-corrected chi connectivity index (χ2v) is 10.0. The molecule has 5 heterocycles. The number of nitrogens with two attached hydrogens (primary N) is 1. The van der Waals surface area contributed by atoms with Gasteiger partial charge in [-0.2, -0.15) is 13.2 Å². The third kappa shape index (κ3) is 4.68. The fraction of sp³-hybridized carbons (Fsp3) is 0.296. The molecule has 2 saturated heterocycles. The maximum Gasteiger partial charge on any atom is 0.416 e.